The molecule has 8 heteroatoms. The smallest absolute Gasteiger partial charge is 0.405 e. The molecule has 2 N–H and O–H groups in total. The minimum atomic E-state index is -0.833. The Labute approximate surface area is 234 Å². The van der Waals surface area contributed by atoms with Crippen LogP contribution in [0.5, 0.6) is 0 Å². The van der Waals surface area contributed by atoms with E-state index in [1.54, 1.807) is 25.1 Å². The molecule has 2 amide bonds. The number of likely N-dealkylation sites (tertiary alicyclic amines) is 1. The lowest BCUT2D eigenvalue weighted by molar-refractivity contribution is -0.139. The van der Waals surface area contributed by atoms with Crippen molar-refractivity contribution in [3.63, 3.8) is 0 Å². The van der Waals surface area contributed by atoms with Crippen LogP contribution in [0.3, 0.4) is 0 Å². The Bertz CT molecular complexity index is 1230. The van der Waals surface area contributed by atoms with E-state index in [0.717, 1.165) is 42.6 Å². The van der Waals surface area contributed by atoms with E-state index < -0.39 is 17.7 Å². The van der Waals surface area contributed by atoms with Crippen LogP contribution >= 0.6 is 23.2 Å². The van der Waals surface area contributed by atoms with Gasteiger partial charge in [-0.15, -0.1) is 0 Å². The molecule has 3 aromatic rings. The molecule has 3 aromatic carbocycles. The van der Waals surface area contributed by atoms with Gasteiger partial charge in [0, 0.05) is 39.5 Å². The summed E-state index contributed by atoms with van der Waals surface area (Å²) < 4.78 is 5.43. The van der Waals surface area contributed by atoms with E-state index in [9.17, 15) is 9.59 Å². The van der Waals surface area contributed by atoms with Gasteiger partial charge in [-0.2, -0.15) is 0 Å². The van der Waals surface area contributed by atoms with E-state index in [1.165, 1.54) is 0 Å². The summed E-state index contributed by atoms with van der Waals surface area (Å²) in [4.78, 5) is 29.0. The number of hydrogen-bond acceptors (Lipinski definition) is 4. The maximum absolute atomic E-state index is 13.1. The van der Waals surface area contributed by atoms with Crippen LogP contribution in [0.2, 0.25) is 10.0 Å². The van der Waals surface area contributed by atoms with E-state index >= 15 is 0 Å². The molecule has 6 nitrogen and oxygen atoms in total. The van der Waals surface area contributed by atoms with E-state index in [2.05, 4.69) is 29.2 Å². The molecule has 1 unspecified atom stereocenters. The summed E-state index contributed by atoms with van der Waals surface area (Å²) in [6.07, 6.45) is 0.769. The Morgan fingerprint density at radius 2 is 1.61 bits per heavy atom. The molecule has 38 heavy (non-hydrogen) atoms. The zero-order valence-corrected chi connectivity index (χ0v) is 23.0. The minimum Gasteiger partial charge on any atom is -0.441 e. The number of amides is 2. The Morgan fingerprint density at radius 1 is 0.974 bits per heavy atom. The summed E-state index contributed by atoms with van der Waals surface area (Å²) in [6.45, 7) is 4.48. The number of halogens is 2. The van der Waals surface area contributed by atoms with Crippen molar-refractivity contribution in [3.05, 3.63) is 106 Å². The van der Waals surface area contributed by atoms with Crippen molar-refractivity contribution >= 4 is 35.2 Å². The molecule has 0 saturated carbocycles. The second-order valence-electron chi connectivity index (χ2n) is 9.72. The van der Waals surface area contributed by atoms with Gasteiger partial charge < -0.3 is 20.3 Å². The van der Waals surface area contributed by atoms with Crippen LogP contribution in [0.15, 0.2) is 78.9 Å². The highest BCUT2D eigenvalue weighted by Gasteiger charge is 2.42. The van der Waals surface area contributed by atoms with Crippen molar-refractivity contribution in [2.45, 2.75) is 44.4 Å². The number of primary amides is 1. The van der Waals surface area contributed by atoms with Gasteiger partial charge in [0.25, 0.3) is 0 Å². The number of carbonyl (C=O) groups is 2. The number of piperidine rings is 1. The van der Waals surface area contributed by atoms with Crippen molar-refractivity contribution in [2.75, 3.05) is 19.6 Å². The lowest BCUT2D eigenvalue weighted by Gasteiger charge is -2.49. The summed E-state index contributed by atoms with van der Waals surface area (Å²) in [5.41, 5.74) is 7.95. The first-order valence-electron chi connectivity index (χ1n) is 12.8. The highest BCUT2D eigenvalue weighted by molar-refractivity contribution is 6.42. The second kappa shape index (κ2) is 12.7. The van der Waals surface area contributed by atoms with Crippen molar-refractivity contribution < 1.29 is 14.3 Å². The van der Waals surface area contributed by atoms with E-state index in [-0.39, 0.29) is 5.91 Å². The summed E-state index contributed by atoms with van der Waals surface area (Å²) in [5.74, 6) is 0.0562. The van der Waals surface area contributed by atoms with Gasteiger partial charge in [0.05, 0.1) is 15.6 Å². The summed E-state index contributed by atoms with van der Waals surface area (Å²) in [5, 5.41) is 0.836. The van der Waals surface area contributed by atoms with Crippen LogP contribution in [0.1, 0.15) is 49.0 Å². The van der Waals surface area contributed by atoms with Gasteiger partial charge in [0.2, 0.25) is 5.91 Å². The highest BCUT2D eigenvalue weighted by Crippen LogP contribution is 2.40. The Morgan fingerprint density at radius 3 is 2.18 bits per heavy atom. The van der Waals surface area contributed by atoms with Crippen LogP contribution < -0.4 is 5.73 Å². The summed E-state index contributed by atoms with van der Waals surface area (Å²) >= 11 is 12.3. The predicted octanol–water partition coefficient (Wildman–Crippen LogP) is 6.56. The number of nitrogens with zero attached hydrogens (tertiary/aromatic N) is 2. The Hall–Kier alpha value is -3.06. The van der Waals surface area contributed by atoms with Crippen LogP contribution in [0.4, 0.5) is 4.79 Å². The molecule has 0 aromatic heterocycles. The maximum Gasteiger partial charge on any atom is 0.405 e. The quantitative estimate of drug-likeness (QED) is 0.325. The second-order valence-corrected chi connectivity index (χ2v) is 10.5. The fraction of sp³-hybridized carbons (Fsp3) is 0.333. The first-order valence-corrected chi connectivity index (χ1v) is 13.5. The summed E-state index contributed by atoms with van der Waals surface area (Å²) in [7, 11) is 0. The van der Waals surface area contributed by atoms with Crippen molar-refractivity contribution in [1.82, 2.24) is 9.80 Å². The number of carbonyl (C=O) groups excluding carboxylic acids is 2. The normalized spacial score (nSPS) is 16.0. The SMILES string of the molecule is CC(=O)N(Cc1ccccc1)C1(c2ccccc2)CCN(CCC(OC(N)=O)c2ccc(Cl)c(Cl)c2)CC1. The molecular weight excluding hydrogens is 521 g/mol. The molecule has 200 valence electrons. The zero-order valence-electron chi connectivity index (χ0n) is 21.5. The van der Waals surface area contributed by atoms with Crippen LogP contribution in [0, 0.1) is 0 Å². The predicted molar refractivity (Wildman–Crippen MR) is 151 cm³/mol. The first-order chi connectivity index (χ1) is 18.3. The van der Waals surface area contributed by atoms with Crippen molar-refractivity contribution in [1.29, 1.82) is 0 Å². The van der Waals surface area contributed by atoms with Gasteiger partial charge in [-0.3, -0.25) is 4.79 Å². The van der Waals surface area contributed by atoms with Crippen LogP contribution in [0.25, 0.3) is 0 Å². The molecule has 1 atom stereocenters. The average Bonchev–Trinajstić information content (AvgIpc) is 2.92. The molecule has 1 aliphatic heterocycles. The monoisotopic (exact) mass is 553 g/mol. The largest absolute Gasteiger partial charge is 0.441 e. The molecular formula is C30H33Cl2N3O3. The standard InChI is InChI=1S/C30H33Cl2N3O3/c1-22(36)35(21-23-8-4-2-5-9-23)30(25-10-6-3-7-11-25)15-18-34(19-16-30)17-14-28(38-29(33)37)24-12-13-26(31)27(32)20-24/h2-13,20,28H,14-19,21H2,1H3,(H2,33,37). The molecule has 1 aliphatic rings. The van der Waals surface area contributed by atoms with Gasteiger partial charge in [0.1, 0.15) is 6.10 Å². The number of ether oxygens (including phenoxy) is 1. The number of nitrogens with two attached hydrogens (primary N) is 1. The number of rotatable bonds is 9. The first kappa shape index (κ1) is 28.0. The third kappa shape index (κ3) is 6.68. The van der Waals surface area contributed by atoms with Gasteiger partial charge in [0.15, 0.2) is 0 Å². The third-order valence-corrected chi connectivity index (χ3v) is 8.10. The fourth-order valence-corrected chi connectivity index (χ4v) is 5.69. The Kier molecular flexibility index (Phi) is 9.31. The van der Waals surface area contributed by atoms with E-state index in [0.29, 0.717) is 29.6 Å². The van der Waals surface area contributed by atoms with Gasteiger partial charge in [-0.25, -0.2) is 4.79 Å². The molecule has 1 heterocycles. The van der Waals surface area contributed by atoms with Crippen molar-refractivity contribution in [2.24, 2.45) is 5.73 Å². The van der Waals surface area contributed by atoms with E-state index in [1.807, 2.05) is 41.3 Å². The minimum absolute atomic E-state index is 0.0562. The molecule has 4 rings (SSSR count). The molecule has 0 radical (unpaired) electrons. The van der Waals surface area contributed by atoms with E-state index in [4.69, 9.17) is 33.7 Å². The van der Waals surface area contributed by atoms with Gasteiger partial charge >= 0.3 is 6.09 Å². The number of benzene rings is 3. The number of hydrogen-bond donors (Lipinski definition) is 1. The molecule has 0 bridgehead atoms. The lowest BCUT2D eigenvalue weighted by atomic mass is 9.78. The van der Waals surface area contributed by atoms with Gasteiger partial charge in [-0.05, 0) is 41.7 Å². The van der Waals surface area contributed by atoms with Crippen LogP contribution in [-0.2, 0) is 21.6 Å². The van der Waals surface area contributed by atoms with Crippen LogP contribution in [-0.4, -0.2) is 41.4 Å². The maximum atomic E-state index is 13.1. The zero-order chi connectivity index (χ0) is 27.1. The fourth-order valence-electron chi connectivity index (χ4n) is 5.39. The third-order valence-electron chi connectivity index (χ3n) is 7.36. The topological polar surface area (TPSA) is 75.9 Å². The molecule has 0 spiro atoms. The average molecular weight is 555 g/mol. The van der Waals surface area contributed by atoms with Gasteiger partial charge in [-0.1, -0.05) is 89.9 Å². The summed E-state index contributed by atoms with van der Waals surface area (Å²) in [6, 6.07) is 25.6. The molecule has 1 saturated heterocycles. The Balaban J connectivity index is 1.51. The lowest BCUT2D eigenvalue weighted by Crippen LogP contribution is -2.54. The molecule has 1 fully saturated rings. The van der Waals surface area contributed by atoms with Crippen molar-refractivity contribution in [3.8, 4) is 0 Å². The highest BCUT2D eigenvalue weighted by atomic mass is 35.5. The molecule has 0 aliphatic carbocycles.